The minimum absolute atomic E-state index is 0.0983. The van der Waals surface area contributed by atoms with Crippen LogP contribution in [0.2, 0.25) is 0 Å². The lowest BCUT2D eigenvalue weighted by Crippen LogP contribution is -2.57. The maximum atomic E-state index is 12.3. The van der Waals surface area contributed by atoms with Crippen molar-refractivity contribution in [1.29, 1.82) is 0 Å². The average Bonchev–Trinajstić information content (AvgIpc) is 2.41. The summed E-state index contributed by atoms with van der Waals surface area (Å²) in [7, 11) is 0. The summed E-state index contributed by atoms with van der Waals surface area (Å²) in [6.07, 6.45) is 0.875. The van der Waals surface area contributed by atoms with Gasteiger partial charge in [-0.3, -0.25) is 9.59 Å². The van der Waals surface area contributed by atoms with Crippen LogP contribution in [0.25, 0.3) is 0 Å². The van der Waals surface area contributed by atoms with Crippen molar-refractivity contribution in [2.24, 2.45) is 5.92 Å². The molecular formula is C15H18N2O3. The summed E-state index contributed by atoms with van der Waals surface area (Å²) >= 11 is 0. The summed E-state index contributed by atoms with van der Waals surface area (Å²) in [4.78, 5) is 24.7. The van der Waals surface area contributed by atoms with Gasteiger partial charge in [0.15, 0.2) is 0 Å². The number of carboxylic acid groups (broad SMARTS) is 1. The number of hydrogen-bond donors (Lipinski definition) is 2. The molecule has 5 nitrogen and oxygen atoms in total. The molecule has 2 heterocycles. The number of carboxylic acids is 1. The van der Waals surface area contributed by atoms with Crippen LogP contribution in [0, 0.1) is 5.92 Å². The van der Waals surface area contributed by atoms with Gasteiger partial charge >= 0.3 is 5.97 Å². The van der Waals surface area contributed by atoms with Crippen LogP contribution >= 0.6 is 0 Å². The standard InChI is InChI=1S/C15H18N2O3/c18-14(19)5-10-8-17(9-10)15(20)13-6-11-3-1-2-4-12(11)7-16-13/h1-4,10,13,16H,5-9H2,(H,18,19)/t13-/m1/s1. The van der Waals surface area contributed by atoms with Gasteiger partial charge in [-0.05, 0) is 17.5 Å². The second kappa shape index (κ2) is 5.25. The van der Waals surface area contributed by atoms with Crippen molar-refractivity contribution in [1.82, 2.24) is 10.2 Å². The fourth-order valence-corrected chi connectivity index (χ4v) is 2.98. The largest absolute Gasteiger partial charge is 0.481 e. The maximum Gasteiger partial charge on any atom is 0.303 e. The summed E-state index contributed by atoms with van der Waals surface area (Å²) in [6.45, 7) is 1.87. The highest BCUT2D eigenvalue weighted by Crippen LogP contribution is 2.23. The van der Waals surface area contributed by atoms with E-state index in [1.807, 2.05) is 12.1 Å². The van der Waals surface area contributed by atoms with Crippen LogP contribution in [0.4, 0.5) is 0 Å². The van der Waals surface area contributed by atoms with E-state index < -0.39 is 5.97 Å². The van der Waals surface area contributed by atoms with Crippen molar-refractivity contribution < 1.29 is 14.7 Å². The number of hydrogen-bond acceptors (Lipinski definition) is 3. The molecule has 2 aliphatic rings. The first-order chi connectivity index (χ1) is 9.63. The van der Waals surface area contributed by atoms with Crippen LogP contribution in [0.3, 0.4) is 0 Å². The summed E-state index contributed by atoms with van der Waals surface area (Å²) in [6, 6.07) is 7.98. The first-order valence-corrected chi connectivity index (χ1v) is 6.94. The molecular weight excluding hydrogens is 256 g/mol. The number of benzene rings is 1. The first-order valence-electron chi connectivity index (χ1n) is 6.94. The molecule has 0 spiro atoms. The van der Waals surface area contributed by atoms with E-state index in [0.29, 0.717) is 13.1 Å². The Balaban J connectivity index is 1.57. The topological polar surface area (TPSA) is 69.6 Å². The molecule has 1 atom stereocenters. The minimum Gasteiger partial charge on any atom is -0.481 e. The van der Waals surface area contributed by atoms with Crippen LogP contribution in [0.5, 0.6) is 0 Å². The number of fused-ring (bicyclic) bond motifs is 1. The van der Waals surface area contributed by atoms with Gasteiger partial charge in [0.05, 0.1) is 12.5 Å². The van der Waals surface area contributed by atoms with Crippen molar-refractivity contribution >= 4 is 11.9 Å². The summed E-state index contributed by atoms with van der Waals surface area (Å²) in [5.74, 6) is -0.569. The fraction of sp³-hybridized carbons (Fsp3) is 0.467. The highest BCUT2D eigenvalue weighted by atomic mass is 16.4. The summed E-state index contributed by atoms with van der Waals surface area (Å²) in [5, 5.41) is 12.0. The molecule has 0 unspecified atom stereocenters. The van der Waals surface area contributed by atoms with Gasteiger partial charge in [0.25, 0.3) is 0 Å². The number of carbonyl (C=O) groups is 2. The van der Waals surface area contributed by atoms with Crippen LogP contribution in [0.15, 0.2) is 24.3 Å². The van der Waals surface area contributed by atoms with Crippen LogP contribution in [-0.4, -0.2) is 41.0 Å². The first kappa shape index (κ1) is 13.1. The zero-order valence-corrected chi connectivity index (χ0v) is 11.2. The van der Waals surface area contributed by atoms with Crippen LogP contribution in [0.1, 0.15) is 17.5 Å². The molecule has 5 heteroatoms. The minimum atomic E-state index is -0.785. The van der Waals surface area contributed by atoms with E-state index in [1.165, 1.54) is 11.1 Å². The highest BCUT2D eigenvalue weighted by molar-refractivity contribution is 5.83. The zero-order chi connectivity index (χ0) is 14.1. The lowest BCUT2D eigenvalue weighted by atomic mass is 9.92. The number of amides is 1. The molecule has 2 N–H and O–H groups in total. The Kier molecular flexibility index (Phi) is 3.44. The predicted molar refractivity (Wildman–Crippen MR) is 73.1 cm³/mol. The fourth-order valence-electron chi connectivity index (χ4n) is 2.98. The van der Waals surface area contributed by atoms with Gasteiger partial charge < -0.3 is 15.3 Å². The molecule has 0 bridgehead atoms. The molecule has 0 aromatic heterocycles. The van der Waals surface area contributed by atoms with E-state index in [2.05, 4.69) is 17.4 Å². The Morgan fingerprint density at radius 3 is 2.65 bits per heavy atom. The third kappa shape index (κ3) is 2.54. The van der Waals surface area contributed by atoms with E-state index in [4.69, 9.17) is 5.11 Å². The summed E-state index contributed by atoms with van der Waals surface area (Å²) < 4.78 is 0. The molecule has 1 amide bonds. The number of carbonyl (C=O) groups excluding carboxylic acids is 1. The number of nitrogens with zero attached hydrogens (tertiary/aromatic N) is 1. The van der Waals surface area contributed by atoms with Crippen molar-refractivity contribution in [2.75, 3.05) is 13.1 Å². The second-order valence-corrected chi connectivity index (χ2v) is 5.61. The molecule has 3 rings (SSSR count). The van der Waals surface area contributed by atoms with Gasteiger partial charge in [-0.1, -0.05) is 24.3 Å². The van der Waals surface area contributed by atoms with Gasteiger partial charge in [0.2, 0.25) is 5.91 Å². The predicted octanol–water partition coefficient (Wildman–Crippen LogP) is 0.634. The SMILES string of the molecule is O=C(O)CC1CN(C(=O)[C@H]2Cc3ccccc3CN2)C1. The van der Waals surface area contributed by atoms with Gasteiger partial charge in [0.1, 0.15) is 0 Å². The third-order valence-electron chi connectivity index (χ3n) is 4.11. The van der Waals surface area contributed by atoms with Gasteiger partial charge in [-0.2, -0.15) is 0 Å². The van der Waals surface area contributed by atoms with Crippen molar-refractivity contribution in [3.05, 3.63) is 35.4 Å². The van der Waals surface area contributed by atoms with E-state index in [-0.39, 0.29) is 24.3 Å². The van der Waals surface area contributed by atoms with Crippen molar-refractivity contribution in [3.8, 4) is 0 Å². The average molecular weight is 274 g/mol. The smallest absolute Gasteiger partial charge is 0.303 e. The number of aliphatic carboxylic acids is 1. The highest BCUT2D eigenvalue weighted by Gasteiger charge is 2.36. The zero-order valence-electron chi connectivity index (χ0n) is 11.2. The molecule has 0 saturated carbocycles. The number of likely N-dealkylation sites (tertiary alicyclic amines) is 1. The van der Waals surface area contributed by atoms with E-state index >= 15 is 0 Å². The lowest BCUT2D eigenvalue weighted by molar-refractivity contribution is -0.146. The molecule has 20 heavy (non-hydrogen) atoms. The van der Waals surface area contributed by atoms with Crippen molar-refractivity contribution in [2.45, 2.75) is 25.4 Å². The molecule has 0 aliphatic carbocycles. The normalized spacial score (nSPS) is 22.0. The van der Waals surface area contributed by atoms with Gasteiger partial charge in [-0.15, -0.1) is 0 Å². The molecule has 1 aromatic rings. The van der Waals surface area contributed by atoms with E-state index in [9.17, 15) is 9.59 Å². The third-order valence-corrected chi connectivity index (χ3v) is 4.11. The van der Waals surface area contributed by atoms with Gasteiger partial charge in [0, 0.05) is 25.6 Å². The maximum absolute atomic E-state index is 12.3. The lowest BCUT2D eigenvalue weighted by Gasteiger charge is -2.41. The Labute approximate surface area is 117 Å². The summed E-state index contributed by atoms with van der Waals surface area (Å²) in [5.41, 5.74) is 2.48. The molecule has 0 radical (unpaired) electrons. The Morgan fingerprint density at radius 1 is 1.25 bits per heavy atom. The van der Waals surface area contributed by atoms with Crippen LogP contribution in [-0.2, 0) is 22.6 Å². The second-order valence-electron chi connectivity index (χ2n) is 5.61. The molecule has 1 aromatic carbocycles. The Bertz CT molecular complexity index is 538. The quantitative estimate of drug-likeness (QED) is 0.848. The Hall–Kier alpha value is -1.88. The van der Waals surface area contributed by atoms with Crippen LogP contribution < -0.4 is 5.32 Å². The number of nitrogens with one attached hydrogen (secondary N) is 1. The van der Waals surface area contributed by atoms with Gasteiger partial charge in [-0.25, -0.2) is 0 Å². The Morgan fingerprint density at radius 2 is 1.95 bits per heavy atom. The van der Waals surface area contributed by atoms with Crippen molar-refractivity contribution in [3.63, 3.8) is 0 Å². The molecule has 1 fully saturated rings. The molecule has 2 aliphatic heterocycles. The van der Waals surface area contributed by atoms with E-state index in [1.54, 1.807) is 4.90 Å². The molecule has 1 saturated heterocycles. The number of rotatable bonds is 3. The monoisotopic (exact) mass is 274 g/mol. The van der Waals surface area contributed by atoms with E-state index in [0.717, 1.165) is 13.0 Å². The molecule has 106 valence electrons.